The van der Waals surface area contributed by atoms with Crippen molar-refractivity contribution in [3.8, 4) is 11.5 Å². The number of aromatic hydroxyl groups is 2. The Bertz CT molecular complexity index is 1560. The number of benzene rings is 2. The second kappa shape index (κ2) is 16.0. The van der Waals surface area contributed by atoms with Crippen molar-refractivity contribution in [1.29, 1.82) is 0 Å². The lowest BCUT2D eigenvalue weighted by Gasteiger charge is -2.24. The van der Waals surface area contributed by atoms with Gasteiger partial charge in [0.25, 0.3) is 11.6 Å². The Kier molecular flexibility index (Phi) is 11.6. The molecule has 0 unspecified atom stereocenters. The minimum Gasteiger partial charge on any atom is -0.508 e. The summed E-state index contributed by atoms with van der Waals surface area (Å²) in [6.07, 6.45) is 9.41. The number of methoxy groups -OCH3 is 4. The predicted molar refractivity (Wildman–Crippen MR) is 170 cm³/mol. The Balaban J connectivity index is 1.79. The Morgan fingerprint density at radius 3 is 1.12 bits per heavy atom. The number of phenolic OH excluding ortho intramolecular Hbond substituents is 2. The molecule has 2 aliphatic carbocycles. The van der Waals surface area contributed by atoms with Gasteiger partial charge < -0.3 is 38.6 Å². The third-order valence-electron chi connectivity index (χ3n) is 7.35. The van der Waals surface area contributed by atoms with E-state index in [2.05, 4.69) is 0 Å². The van der Waals surface area contributed by atoms with Gasteiger partial charge in [0.1, 0.15) is 11.5 Å². The lowest BCUT2D eigenvalue weighted by atomic mass is 9.87. The van der Waals surface area contributed by atoms with Crippen molar-refractivity contribution in [1.82, 2.24) is 0 Å². The second-order valence-corrected chi connectivity index (χ2v) is 10.5. The van der Waals surface area contributed by atoms with Gasteiger partial charge in [0, 0.05) is 11.8 Å². The fourth-order valence-corrected chi connectivity index (χ4v) is 4.78. The average molecular weight is 659 g/mol. The molecule has 2 atom stereocenters. The summed E-state index contributed by atoms with van der Waals surface area (Å²) in [6.45, 7) is -0.482. The summed E-state index contributed by atoms with van der Waals surface area (Å²) in [5, 5.41) is 19.3. The maximum absolute atomic E-state index is 13.0. The van der Waals surface area contributed by atoms with Crippen LogP contribution in [0.1, 0.15) is 20.7 Å². The molecule has 0 aliphatic heterocycles. The number of ketones is 2. The molecule has 4 rings (SSSR count). The molecule has 0 saturated carbocycles. The monoisotopic (exact) mass is 658 g/mol. The van der Waals surface area contributed by atoms with Crippen molar-refractivity contribution in [2.75, 3.05) is 41.7 Å². The van der Waals surface area contributed by atoms with Gasteiger partial charge in [-0.3, -0.25) is 9.59 Å². The van der Waals surface area contributed by atoms with E-state index in [0.717, 1.165) is 0 Å². The van der Waals surface area contributed by atoms with Crippen LogP contribution < -0.4 is 0 Å². The normalized spacial score (nSPS) is 15.5. The van der Waals surface area contributed by atoms with E-state index in [4.69, 9.17) is 28.4 Å². The topological polar surface area (TPSA) is 164 Å². The van der Waals surface area contributed by atoms with E-state index in [9.17, 15) is 29.4 Å². The molecule has 12 nitrogen and oxygen atoms in total. The molecule has 0 aromatic heterocycles. The molecule has 2 N–H and O–H groups in total. The summed E-state index contributed by atoms with van der Waals surface area (Å²) >= 11 is 0. The van der Waals surface area contributed by atoms with Gasteiger partial charge in [-0.2, -0.15) is 0 Å². The smallest absolute Gasteiger partial charge is 0.338 e. The van der Waals surface area contributed by atoms with Gasteiger partial charge in [-0.25, -0.2) is 9.59 Å². The van der Waals surface area contributed by atoms with Crippen LogP contribution in [0.15, 0.2) is 119 Å². The lowest BCUT2D eigenvalue weighted by molar-refractivity contribution is -0.118. The summed E-state index contributed by atoms with van der Waals surface area (Å²) in [5.41, 5.74) is 1.32. The molecule has 2 aromatic rings. The third-order valence-corrected chi connectivity index (χ3v) is 7.35. The highest BCUT2D eigenvalue weighted by molar-refractivity contribution is 6.08. The number of rotatable bonds is 13. The standard InChI is InChI=1S/C36H34O12/c1-43-29-15-21(16-30(44-2)33(29)39)13-25(19-47-35(41)23-5-9-27(37)10-6-23)26(20-48-36(42)24-7-11-28(38)12-8-24)14-22-17-31(45-3)34(40)32(18-22)46-4/h5-18,25-26,37-38H,19-20H2,1-4H3/t25-,26-/m0/s1. The predicted octanol–water partition coefficient (Wildman–Crippen LogP) is 4.48. The van der Waals surface area contributed by atoms with E-state index in [1.807, 2.05) is 0 Å². The Hall–Kier alpha value is -6.04. The first-order chi connectivity index (χ1) is 23.1. The Labute approximate surface area is 276 Å². The van der Waals surface area contributed by atoms with Gasteiger partial charge in [-0.05, 0) is 84.0 Å². The molecule has 2 aromatic carbocycles. The van der Waals surface area contributed by atoms with Crippen LogP contribution >= 0.6 is 0 Å². The minimum atomic E-state index is -0.727. The van der Waals surface area contributed by atoms with Gasteiger partial charge in [-0.15, -0.1) is 0 Å². The Morgan fingerprint density at radius 1 is 0.562 bits per heavy atom. The fraction of sp³-hybridized carbons (Fsp3) is 0.222. The molecule has 0 radical (unpaired) electrons. The number of allylic oxidation sites excluding steroid dienone is 6. The molecule has 250 valence electrons. The van der Waals surface area contributed by atoms with Crippen LogP contribution in [-0.2, 0) is 38.0 Å². The Morgan fingerprint density at radius 2 is 0.854 bits per heavy atom. The molecule has 0 bridgehead atoms. The number of carbonyl (C=O) groups excluding carboxylic acids is 4. The molecule has 0 spiro atoms. The van der Waals surface area contributed by atoms with Crippen LogP contribution in [0.2, 0.25) is 0 Å². The van der Waals surface area contributed by atoms with Crippen LogP contribution in [0.4, 0.5) is 0 Å². The van der Waals surface area contributed by atoms with Gasteiger partial charge in [-0.1, -0.05) is 12.2 Å². The molecule has 2 aliphatic rings. The van der Waals surface area contributed by atoms with Gasteiger partial charge in [0.05, 0.1) is 52.8 Å². The van der Waals surface area contributed by atoms with Crippen LogP contribution in [0, 0.1) is 11.8 Å². The van der Waals surface area contributed by atoms with Gasteiger partial charge >= 0.3 is 11.9 Å². The van der Waals surface area contributed by atoms with Crippen LogP contribution in [0.5, 0.6) is 11.5 Å². The summed E-state index contributed by atoms with van der Waals surface area (Å²) in [7, 11) is 5.38. The summed E-state index contributed by atoms with van der Waals surface area (Å²) in [4.78, 5) is 51.4. The molecule has 0 heterocycles. The first-order valence-electron chi connectivity index (χ1n) is 14.5. The van der Waals surface area contributed by atoms with E-state index >= 15 is 0 Å². The first kappa shape index (κ1) is 34.8. The van der Waals surface area contributed by atoms with E-state index in [0.29, 0.717) is 11.1 Å². The fourth-order valence-electron chi connectivity index (χ4n) is 4.78. The average Bonchev–Trinajstić information content (AvgIpc) is 3.09. The van der Waals surface area contributed by atoms with Crippen molar-refractivity contribution >= 4 is 23.5 Å². The van der Waals surface area contributed by atoms with Crippen molar-refractivity contribution < 1.29 is 57.8 Å². The molecule has 48 heavy (non-hydrogen) atoms. The van der Waals surface area contributed by atoms with Gasteiger partial charge in [0.2, 0.25) is 0 Å². The van der Waals surface area contributed by atoms with Crippen LogP contribution in [-0.4, -0.2) is 75.4 Å². The summed E-state index contributed by atoms with van der Waals surface area (Å²) < 4.78 is 32.5. The lowest BCUT2D eigenvalue weighted by Crippen LogP contribution is -2.26. The highest BCUT2D eigenvalue weighted by atomic mass is 16.5. The van der Waals surface area contributed by atoms with Crippen molar-refractivity contribution in [2.45, 2.75) is 0 Å². The number of hydrogen-bond acceptors (Lipinski definition) is 12. The number of ether oxygens (including phenoxy) is 6. The van der Waals surface area contributed by atoms with Crippen molar-refractivity contribution in [2.24, 2.45) is 11.8 Å². The number of hydrogen-bond donors (Lipinski definition) is 2. The highest BCUT2D eigenvalue weighted by Crippen LogP contribution is 2.29. The zero-order chi connectivity index (χ0) is 34.8. The number of phenols is 2. The zero-order valence-corrected chi connectivity index (χ0v) is 26.6. The van der Waals surface area contributed by atoms with Crippen molar-refractivity contribution in [3.63, 3.8) is 0 Å². The number of esters is 2. The maximum Gasteiger partial charge on any atom is 0.338 e. The van der Waals surface area contributed by atoms with E-state index in [1.165, 1.54) is 101 Å². The van der Waals surface area contributed by atoms with Gasteiger partial charge in [0.15, 0.2) is 23.0 Å². The van der Waals surface area contributed by atoms with Crippen LogP contribution in [0.3, 0.4) is 0 Å². The van der Waals surface area contributed by atoms with Crippen LogP contribution in [0.25, 0.3) is 0 Å². The molecule has 12 heteroatoms. The highest BCUT2D eigenvalue weighted by Gasteiger charge is 2.28. The zero-order valence-electron chi connectivity index (χ0n) is 26.6. The number of Topliss-reactive ketones (excluding diaryl/α,β-unsaturated/α-hetero) is 2. The van der Waals surface area contributed by atoms with E-state index in [1.54, 1.807) is 12.2 Å². The summed E-state index contributed by atoms with van der Waals surface area (Å²) in [6, 6.07) is 11.0. The second-order valence-electron chi connectivity index (χ2n) is 10.5. The van der Waals surface area contributed by atoms with E-state index in [-0.39, 0.29) is 58.9 Å². The molecule has 0 fully saturated rings. The molecular weight excluding hydrogens is 624 g/mol. The molecular formula is C36H34O12. The quantitative estimate of drug-likeness (QED) is 0.291. The van der Waals surface area contributed by atoms with Crippen molar-refractivity contribution in [3.05, 3.63) is 130 Å². The first-order valence-corrected chi connectivity index (χ1v) is 14.5. The van der Waals surface area contributed by atoms with E-state index < -0.39 is 35.3 Å². The SMILES string of the molecule is COC1=CC(=C[C@@H](COC(=O)c2ccc(O)cc2)[C@@H](C=C2C=C(OC)C(=O)C(OC)=C2)COC(=O)c2ccc(O)cc2)C=C(OC)C1=O. The summed E-state index contributed by atoms with van der Waals surface area (Å²) in [5.74, 6) is -3.74. The largest absolute Gasteiger partial charge is 0.508 e. The molecule has 0 amide bonds. The third kappa shape index (κ3) is 8.60. The molecule has 0 saturated heterocycles. The number of carbonyl (C=O) groups is 4. The minimum absolute atomic E-state index is 0.0141. The maximum atomic E-state index is 13.0.